The number of carbonyl (C=O) groups is 2. The molecule has 0 spiro atoms. The van der Waals surface area contributed by atoms with Gasteiger partial charge in [-0.1, -0.05) is 30.3 Å². The molecule has 0 aliphatic rings. The summed E-state index contributed by atoms with van der Waals surface area (Å²) in [6.45, 7) is 1.74. The van der Waals surface area contributed by atoms with Crippen molar-refractivity contribution in [2.75, 3.05) is 20.1 Å². The molecule has 0 aliphatic carbocycles. The van der Waals surface area contributed by atoms with Gasteiger partial charge in [0.25, 0.3) is 0 Å². The summed E-state index contributed by atoms with van der Waals surface area (Å²) in [5, 5.41) is 8.55. The SMILES string of the molecule is CNCCCC(=O)NCCC(=O)NCc1ccccc1.Cl. The number of rotatable bonds is 9. The number of amides is 2. The summed E-state index contributed by atoms with van der Waals surface area (Å²) in [6.07, 6.45) is 1.61. The highest BCUT2D eigenvalue weighted by atomic mass is 35.5. The van der Waals surface area contributed by atoms with Crippen molar-refractivity contribution < 1.29 is 9.59 Å². The van der Waals surface area contributed by atoms with Crippen molar-refractivity contribution in [1.82, 2.24) is 16.0 Å². The third kappa shape index (κ3) is 9.87. The Morgan fingerprint density at radius 2 is 1.62 bits per heavy atom. The van der Waals surface area contributed by atoms with E-state index in [9.17, 15) is 9.59 Å². The molecule has 2 amide bonds. The smallest absolute Gasteiger partial charge is 0.222 e. The molecule has 1 aromatic carbocycles. The zero-order chi connectivity index (χ0) is 14.6. The number of benzene rings is 1. The van der Waals surface area contributed by atoms with Gasteiger partial charge in [0.1, 0.15) is 0 Å². The van der Waals surface area contributed by atoms with Crippen LogP contribution in [-0.4, -0.2) is 32.0 Å². The largest absolute Gasteiger partial charge is 0.356 e. The number of hydrogen-bond acceptors (Lipinski definition) is 3. The predicted octanol–water partition coefficient (Wildman–Crippen LogP) is 1.23. The van der Waals surface area contributed by atoms with E-state index in [2.05, 4.69) is 16.0 Å². The quantitative estimate of drug-likeness (QED) is 0.601. The molecule has 0 unspecified atom stereocenters. The molecule has 3 N–H and O–H groups in total. The molecule has 118 valence electrons. The van der Waals surface area contributed by atoms with Crippen LogP contribution in [0.5, 0.6) is 0 Å². The van der Waals surface area contributed by atoms with E-state index >= 15 is 0 Å². The normalized spacial score (nSPS) is 9.57. The van der Waals surface area contributed by atoms with Gasteiger partial charge in [0.05, 0.1) is 0 Å². The lowest BCUT2D eigenvalue weighted by molar-refractivity contribution is -0.122. The molecule has 0 aromatic heterocycles. The zero-order valence-electron chi connectivity index (χ0n) is 12.4. The van der Waals surface area contributed by atoms with Gasteiger partial charge < -0.3 is 16.0 Å². The molecule has 0 radical (unpaired) electrons. The van der Waals surface area contributed by atoms with E-state index < -0.39 is 0 Å². The fourth-order valence-electron chi connectivity index (χ4n) is 1.71. The predicted molar refractivity (Wildman–Crippen MR) is 86.3 cm³/mol. The highest BCUT2D eigenvalue weighted by Crippen LogP contribution is 1.97. The molecular weight excluding hydrogens is 290 g/mol. The third-order valence-electron chi connectivity index (χ3n) is 2.84. The van der Waals surface area contributed by atoms with E-state index in [1.54, 1.807) is 0 Å². The second-order valence-corrected chi connectivity index (χ2v) is 4.57. The fourth-order valence-corrected chi connectivity index (χ4v) is 1.71. The van der Waals surface area contributed by atoms with Crippen LogP contribution in [0.4, 0.5) is 0 Å². The second kappa shape index (κ2) is 12.2. The lowest BCUT2D eigenvalue weighted by Crippen LogP contribution is -2.30. The van der Waals surface area contributed by atoms with E-state index in [-0.39, 0.29) is 24.2 Å². The average molecular weight is 314 g/mol. The van der Waals surface area contributed by atoms with E-state index in [1.807, 2.05) is 37.4 Å². The van der Waals surface area contributed by atoms with Crippen LogP contribution in [-0.2, 0) is 16.1 Å². The van der Waals surface area contributed by atoms with E-state index in [0.717, 1.165) is 18.5 Å². The van der Waals surface area contributed by atoms with Gasteiger partial charge >= 0.3 is 0 Å². The summed E-state index contributed by atoms with van der Waals surface area (Å²) in [5.41, 5.74) is 1.07. The summed E-state index contributed by atoms with van der Waals surface area (Å²) >= 11 is 0. The van der Waals surface area contributed by atoms with Crippen LogP contribution in [0.1, 0.15) is 24.8 Å². The Kier molecular flexibility index (Phi) is 11.3. The van der Waals surface area contributed by atoms with Gasteiger partial charge in [-0.2, -0.15) is 0 Å². The highest BCUT2D eigenvalue weighted by Gasteiger charge is 2.03. The van der Waals surface area contributed by atoms with Gasteiger partial charge in [-0.15, -0.1) is 12.4 Å². The van der Waals surface area contributed by atoms with Gasteiger partial charge in [0, 0.05) is 25.9 Å². The Balaban J connectivity index is 0.00000400. The first-order valence-electron chi connectivity index (χ1n) is 6.94. The van der Waals surface area contributed by atoms with Crippen LogP contribution >= 0.6 is 12.4 Å². The van der Waals surface area contributed by atoms with Crippen molar-refractivity contribution in [2.24, 2.45) is 0 Å². The third-order valence-corrected chi connectivity index (χ3v) is 2.84. The standard InChI is InChI=1S/C15H23N3O2.ClH/c1-16-10-5-8-14(19)17-11-9-15(20)18-12-13-6-3-2-4-7-13;/h2-4,6-7,16H,5,8-12H2,1H3,(H,17,19)(H,18,20);1H. The van der Waals surface area contributed by atoms with Crippen molar-refractivity contribution >= 4 is 24.2 Å². The molecule has 1 aromatic rings. The van der Waals surface area contributed by atoms with Crippen molar-refractivity contribution in [1.29, 1.82) is 0 Å². The van der Waals surface area contributed by atoms with Gasteiger partial charge in [-0.25, -0.2) is 0 Å². The average Bonchev–Trinajstić information content (AvgIpc) is 2.46. The van der Waals surface area contributed by atoms with Crippen LogP contribution in [0.15, 0.2) is 30.3 Å². The minimum Gasteiger partial charge on any atom is -0.356 e. The highest BCUT2D eigenvalue weighted by molar-refractivity contribution is 5.85. The molecule has 0 fully saturated rings. The van der Waals surface area contributed by atoms with E-state index in [4.69, 9.17) is 0 Å². The lowest BCUT2D eigenvalue weighted by Gasteiger charge is -2.07. The molecule has 1 rings (SSSR count). The Morgan fingerprint density at radius 1 is 0.952 bits per heavy atom. The van der Waals surface area contributed by atoms with Crippen molar-refractivity contribution in [3.63, 3.8) is 0 Å². The molecule has 0 saturated carbocycles. The summed E-state index contributed by atoms with van der Waals surface area (Å²) < 4.78 is 0. The molecule has 0 aliphatic heterocycles. The maximum absolute atomic E-state index is 11.6. The molecule has 21 heavy (non-hydrogen) atoms. The Hall–Kier alpha value is -1.59. The Morgan fingerprint density at radius 3 is 2.29 bits per heavy atom. The topological polar surface area (TPSA) is 70.2 Å². The minimum absolute atomic E-state index is 0. The van der Waals surface area contributed by atoms with Crippen molar-refractivity contribution in [3.8, 4) is 0 Å². The Bertz CT molecular complexity index is 413. The fraction of sp³-hybridized carbons (Fsp3) is 0.467. The number of halogens is 1. The summed E-state index contributed by atoms with van der Waals surface area (Å²) in [7, 11) is 1.86. The molecule has 0 saturated heterocycles. The number of carbonyl (C=O) groups excluding carboxylic acids is 2. The Labute approximate surface area is 132 Å². The summed E-state index contributed by atoms with van der Waals surface area (Å²) in [6, 6.07) is 9.74. The van der Waals surface area contributed by atoms with Crippen molar-refractivity contribution in [2.45, 2.75) is 25.8 Å². The van der Waals surface area contributed by atoms with Gasteiger partial charge in [0.15, 0.2) is 0 Å². The van der Waals surface area contributed by atoms with Crippen LogP contribution < -0.4 is 16.0 Å². The minimum atomic E-state index is -0.0515. The van der Waals surface area contributed by atoms with Crippen molar-refractivity contribution in [3.05, 3.63) is 35.9 Å². The number of nitrogens with one attached hydrogen (secondary N) is 3. The first-order valence-corrected chi connectivity index (χ1v) is 6.94. The summed E-state index contributed by atoms with van der Waals surface area (Å²) in [5.74, 6) is -0.0551. The molecular formula is C15H24ClN3O2. The van der Waals surface area contributed by atoms with Gasteiger partial charge in [0.2, 0.25) is 11.8 Å². The first kappa shape index (κ1) is 19.4. The van der Waals surface area contributed by atoms with Crippen LogP contribution in [0.2, 0.25) is 0 Å². The van der Waals surface area contributed by atoms with Crippen LogP contribution in [0, 0.1) is 0 Å². The number of hydrogen-bond donors (Lipinski definition) is 3. The van der Waals surface area contributed by atoms with Crippen LogP contribution in [0.25, 0.3) is 0 Å². The van der Waals surface area contributed by atoms with E-state index in [1.165, 1.54) is 0 Å². The molecule has 0 atom stereocenters. The van der Waals surface area contributed by atoms with Gasteiger partial charge in [-0.05, 0) is 25.6 Å². The van der Waals surface area contributed by atoms with Gasteiger partial charge in [-0.3, -0.25) is 9.59 Å². The second-order valence-electron chi connectivity index (χ2n) is 4.57. The first-order chi connectivity index (χ1) is 9.72. The molecule has 0 heterocycles. The summed E-state index contributed by atoms with van der Waals surface area (Å²) in [4.78, 5) is 23.0. The lowest BCUT2D eigenvalue weighted by atomic mass is 10.2. The van der Waals surface area contributed by atoms with Crippen LogP contribution in [0.3, 0.4) is 0 Å². The maximum Gasteiger partial charge on any atom is 0.222 e. The zero-order valence-corrected chi connectivity index (χ0v) is 13.2. The molecule has 0 bridgehead atoms. The molecule has 6 heteroatoms. The maximum atomic E-state index is 11.6. The monoisotopic (exact) mass is 313 g/mol. The van der Waals surface area contributed by atoms with E-state index in [0.29, 0.717) is 25.9 Å². The molecule has 5 nitrogen and oxygen atoms in total.